The Balaban J connectivity index is 3.04. The number of aryl methyl sites for hydroxylation is 1. The molecular weight excluding hydrogens is 214 g/mol. The van der Waals surface area contributed by atoms with Crippen molar-refractivity contribution in [3.05, 3.63) is 34.9 Å². The lowest BCUT2D eigenvalue weighted by Gasteiger charge is -2.16. The lowest BCUT2D eigenvalue weighted by molar-refractivity contribution is -0.138. The van der Waals surface area contributed by atoms with Crippen molar-refractivity contribution in [3.8, 4) is 0 Å². The normalized spacial score (nSPS) is 12.8. The number of nitrogens with two attached hydrogens (primary N) is 1. The molecule has 17 heavy (non-hydrogen) atoms. The molecule has 0 aromatic heterocycles. The number of rotatable bonds is 5. The van der Waals surface area contributed by atoms with Crippen molar-refractivity contribution in [3.63, 3.8) is 0 Å². The molecule has 0 radical (unpaired) electrons. The topological polar surface area (TPSA) is 63.3 Å². The second-order valence-electron chi connectivity index (χ2n) is 4.69. The highest BCUT2D eigenvalue weighted by Gasteiger charge is 2.16. The van der Waals surface area contributed by atoms with E-state index in [1.165, 1.54) is 11.1 Å². The van der Waals surface area contributed by atoms with Gasteiger partial charge < -0.3 is 10.8 Å². The average molecular weight is 235 g/mol. The van der Waals surface area contributed by atoms with Crippen LogP contribution in [0.1, 0.15) is 43.4 Å². The van der Waals surface area contributed by atoms with E-state index < -0.39 is 12.0 Å². The highest BCUT2D eigenvalue weighted by molar-refractivity contribution is 5.73. The predicted octanol–water partition coefficient (Wildman–Crippen LogP) is 2.33. The molecule has 0 saturated carbocycles. The maximum atomic E-state index is 10.8. The van der Waals surface area contributed by atoms with Crippen LogP contribution in [-0.4, -0.2) is 17.1 Å². The fourth-order valence-electron chi connectivity index (χ4n) is 1.94. The number of benzene rings is 1. The minimum absolute atomic E-state index is 0.386. The van der Waals surface area contributed by atoms with Crippen molar-refractivity contribution in [1.82, 2.24) is 0 Å². The van der Waals surface area contributed by atoms with Gasteiger partial charge in [0.25, 0.3) is 0 Å². The van der Waals surface area contributed by atoms with E-state index in [4.69, 9.17) is 10.8 Å². The highest BCUT2D eigenvalue weighted by Crippen LogP contribution is 2.22. The Labute approximate surface area is 103 Å². The zero-order valence-electron chi connectivity index (χ0n) is 10.7. The summed E-state index contributed by atoms with van der Waals surface area (Å²) in [5, 5.41) is 8.87. The standard InChI is InChI=1S/C14H21NO2/c1-4-10-5-6-12(9(2)3)11(7-10)8-13(15)14(16)17/h5-7,9,13H,4,8,15H2,1-3H3,(H,16,17). The summed E-state index contributed by atoms with van der Waals surface area (Å²) in [6.07, 6.45) is 1.35. The zero-order valence-corrected chi connectivity index (χ0v) is 10.7. The lowest BCUT2D eigenvalue weighted by Crippen LogP contribution is -2.32. The van der Waals surface area contributed by atoms with E-state index in [1.807, 2.05) is 0 Å². The SMILES string of the molecule is CCc1ccc(C(C)C)c(CC(N)C(=O)O)c1. The van der Waals surface area contributed by atoms with E-state index >= 15 is 0 Å². The van der Waals surface area contributed by atoms with Crippen molar-refractivity contribution < 1.29 is 9.90 Å². The third kappa shape index (κ3) is 3.56. The third-order valence-electron chi connectivity index (χ3n) is 2.99. The molecule has 0 saturated heterocycles. The molecule has 0 amide bonds. The Morgan fingerprint density at radius 3 is 2.53 bits per heavy atom. The number of carbonyl (C=O) groups is 1. The Bertz CT molecular complexity index is 399. The number of hydrogen-bond acceptors (Lipinski definition) is 2. The van der Waals surface area contributed by atoms with Crippen molar-refractivity contribution in [2.45, 2.75) is 45.6 Å². The van der Waals surface area contributed by atoms with E-state index in [1.54, 1.807) is 0 Å². The molecule has 1 atom stereocenters. The molecule has 1 aromatic rings. The largest absolute Gasteiger partial charge is 0.480 e. The number of carboxylic acid groups (broad SMARTS) is 1. The Hall–Kier alpha value is -1.35. The van der Waals surface area contributed by atoms with Crippen LogP contribution in [-0.2, 0) is 17.6 Å². The van der Waals surface area contributed by atoms with Crippen molar-refractivity contribution in [2.75, 3.05) is 0 Å². The summed E-state index contributed by atoms with van der Waals surface area (Å²) in [7, 11) is 0. The van der Waals surface area contributed by atoms with E-state index in [0.717, 1.165) is 12.0 Å². The number of hydrogen-bond donors (Lipinski definition) is 2. The van der Waals surface area contributed by atoms with Gasteiger partial charge in [-0.2, -0.15) is 0 Å². The molecule has 1 unspecified atom stereocenters. The molecule has 0 spiro atoms. The van der Waals surface area contributed by atoms with Gasteiger partial charge in [0, 0.05) is 0 Å². The second kappa shape index (κ2) is 5.82. The van der Waals surface area contributed by atoms with Crippen LogP contribution in [0.4, 0.5) is 0 Å². The molecular formula is C14H21NO2. The van der Waals surface area contributed by atoms with Gasteiger partial charge in [0.1, 0.15) is 6.04 Å². The quantitative estimate of drug-likeness (QED) is 0.823. The summed E-state index contributed by atoms with van der Waals surface area (Å²) in [5.74, 6) is -0.557. The molecule has 0 aliphatic rings. The highest BCUT2D eigenvalue weighted by atomic mass is 16.4. The minimum atomic E-state index is -0.943. The molecule has 0 fully saturated rings. The molecule has 0 aliphatic heterocycles. The molecule has 0 bridgehead atoms. The molecule has 1 rings (SSSR count). The maximum Gasteiger partial charge on any atom is 0.320 e. The molecule has 3 heteroatoms. The molecule has 0 heterocycles. The molecule has 3 N–H and O–H groups in total. The first-order chi connectivity index (χ1) is 7.95. The van der Waals surface area contributed by atoms with Crippen LogP contribution in [0.25, 0.3) is 0 Å². The first-order valence-electron chi connectivity index (χ1n) is 6.05. The monoisotopic (exact) mass is 235 g/mol. The van der Waals surface area contributed by atoms with Gasteiger partial charge >= 0.3 is 5.97 Å². The predicted molar refractivity (Wildman–Crippen MR) is 69.2 cm³/mol. The summed E-state index contributed by atoms with van der Waals surface area (Å²) in [6.45, 7) is 6.30. The summed E-state index contributed by atoms with van der Waals surface area (Å²) >= 11 is 0. The molecule has 3 nitrogen and oxygen atoms in total. The molecule has 94 valence electrons. The van der Waals surface area contributed by atoms with Gasteiger partial charge in [0.05, 0.1) is 0 Å². The van der Waals surface area contributed by atoms with Gasteiger partial charge in [0.2, 0.25) is 0 Å². The fraction of sp³-hybridized carbons (Fsp3) is 0.500. The van der Waals surface area contributed by atoms with Crippen LogP contribution in [0, 0.1) is 0 Å². The number of carboxylic acids is 1. The maximum absolute atomic E-state index is 10.8. The average Bonchev–Trinajstić information content (AvgIpc) is 2.28. The van der Waals surface area contributed by atoms with Crippen LogP contribution in [0.15, 0.2) is 18.2 Å². The van der Waals surface area contributed by atoms with Crippen LogP contribution in [0.2, 0.25) is 0 Å². The summed E-state index contributed by atoms with van der Waals surface area (Å²) in [5.41, 5.74) is 9.09. The van der Waals surface area contributed by atoms with Gasteiger partial charge in [-0.1, -0.05) is 39.0 Å². The lowest BCUT2D eigenvalue weighted by atomic mass is 9.91. The van der Waals surface area contributed by atoms with Crippen LogP contribution < -0.4 is 5.73 Å². The Morgan fingerprint density at radius 1 is 1.41 bits per heavy atom. The fourth-order valence-corrected chi connectivity index (χ4v) is 1.94. The minimum Gasteiger partial charge on any atom is -0.480 e. The molecule has 0 aliphatic carbocycles. The van der Waals surface area contributed by atoms with E-state index in [0.29, 0.717) is 12.3 Å². The van der Waals surface area contributed by atoms with E-state index in [-0.39, 0.29) is 0 Å². The van der Waals surface area contributed by atoms with Gasteiger partial charge in [-0.3, -0.25) is 4.79 Å². The van der Waals surface area contributed by atoms with Crippen molar-refractivity contribution in [2.24, 2.45) is 5.73 Å². The summed E-state index contributed by atoms with van der Waals surface area (Å²) in [6, 6.07) is 5.45. The Morgan fingerprint density at radius 2 is 2.06 bits per heavy atom. The zero-order chi connectivity index (χ0) is 13.0. The van der Waals surface area contributed by atoms with Gasteiger partial charge in [-0.25, -0.2) is 0 Å². The summed E-state index contributed by atoms with van der Waals surface area (Å²) < 4.78 is 0. The van der Waals surface area contributed by atoms with Gasteiger partial charge in [0.15, 0.2) is 0 Å². The van der Waals surface area contributed by atoms with Gasteiger partial charge in [-0.05, 0) is 35.4 Å². The second-order valence-corrected chi connectivity index (χ2v) is 4.69. The van der Waals surface area contributed by atoms with Crippen molar-refractivity contribution in [1.29, 1.82) is 0 Å². The van der Waals surface area contributed by atoms with Crippen LogP contribution >= 0.6 is 0 Å². The van der Waals surface area contributed by atoms with Crippen LogP contribution in [0.5, 0.6) is 0 Å². The third-order valence-corrected chi connectivity index (χ3v) is 2.99. The van der Waals surface area contributed by atoms with Crippen molar-refractivity contribution >= 4 is 5.97 Å². The van der Waals surface area contributed by atoms with E-state index in [9.17, 15) is 4.79 Å². The number of aliphatic carboxylic acids is 1. The Kier molecular flexibility index (Phi) is 4.70. The first kappa shape index (κ1) is 13.7. The van der Waals surface area contributed by atoms with Gasteiger partial charge in [-0.15, -0.1) is 0 Å². The first-order valence-corrected chi connectivity index (χ1v) is 6.05. The molecule has 1 aromatic carbocycles. The van der Waals surface area contributed by atoms with Crippen LogP contribution in [0.3, 0.4) is 0 Å². The van der Waals surface area contributed by atoms with E-state index in [2.05, 4.69) is 39.0 Å². The smallest absolute Gasteiger partial charge is 0.320 e. The summed E-state index contributed by atoms with van der Waals surface area (Å²) in [4.78, 5) is 10.8.